The van der Waals surface area contributed by atoms with Crippen LogP contribution in [0.15, 0.2) is 18.2 Å². The summed E-state index contributed by atoms with van der Waals surface area (Å²) in [5.74, 6) is 0.595. The fraction of sp³-hybridized carbons (Fsp3) is 0.533. The summed E-state index contributed by atoms with van der Waals surface area (Å²) in [5, 5.41) is 0. The predicted molar refractivity (Wildman–Crippen MR) is 72.0 cm³/mol. The molecule has 2 atom stereocenters. The van der Waals surface area contributed by atoms with Gasteiger partial charge in [-0.05, 0) is 43.9 Å². The van der Waals surface area contributed by atoms with Crippen molar-refractivity contribution in [2.75, 3.05) is 11.4 Å². The number of carbonyl (C=O) groups is 1. The summed E-state index contributed by atoms with van der Waals surface area (Å²) >= 11 is 0. The second-order valence-electron chi connectivity index (χ2n) is 5.56. The molecular formula is C15H18F3NO. The number of nitrogens with zero attached hydrogens (tertiary/aromatic N) is 1. The Morgan fingerprint density at radius 3 is 2.55 bits per heavy atom. The highest BCUT2D eigenvalue weighted by atomic mass is 19.4. The first-order chi connectivity index (χ1) is 9.32. The third-order valence-electron chi connectivity index (χ3n) is 3.94. The van der Waals surface area contributed by atoms with Gasteiger partial charge < -0.3 is 4.90 Å². The molecule has 2 rings (SSSR count). The van der Waals surface area contributed by atoms with Crippen molar-refractivity contribution in [2.45, 2.75) is 38.9 Å². The van der Waals surface area contributed by atoms with Crippen LogP contribution in [0.1, 0.15) is 42.6 Å². The van der Waals surface area contributed by atoms with E-state index in [1.807, 2.05) is 11.8 Å². The summed E-state index contributed by atoms with van der Waals surface area (Å²) in [6.07, 6.45) is -2.30. The molecule has 1 aromatic rings. The molecule has 1 saturated heterocycles. The molecule has 2 unspecified atom stereocenters. The number of piperidine rings is 1. The summed E-state index contributed by atoms with van der Waals surface area (Å²) in [5.41, 5.74) is -0.613. The average molecular weight is 285 g/mol. The molecule has 110 valence electrons. The third kappa shape index (κ3) is 2.97. The SMILES string of the molecule is CC1CCN(c2ccc(C=O)c(C(F)(F)F)c2)C(C)C1. The zero-order chi connectivity index (χ0) is 14.9. The standard InChI is InChI=1S/C15H18F3NO/c1-10-5-6-19(11(2)7-10)13-4-3-12(9-20)14(8-13)15(16,17)18/h3-4,8-11H,5-7H2,1-2H3. The lowest BCUT2D eigenvalue weighted by molar-refractivity contribution is -0.137. The fourth-order valence-electron chi connectivity index (χ4n) is 2.86. The Morgan fingerprint density at radius 1 is 1.30 bits per heavy atom. The van der Waals surface area contributed by atoms with E-state index in [1.165, 1.54) is 6.07 Å². The first kappa shape index (κ1) is 14.9. The molecule has 0 aromatic heterocycles. The topological polar surface area (TPSA) is 20.3 Å². The highest BCUT2D eigenvalue weighted by Gasteiger charge is 2.34. The van der Waals surface area contributed by atoms with Gasteiger partial charge in [0.2, 0.25) is 0 Å². The Bertz CT molecular complexity index is 498. The Morgan fingerprint density at radius 2 is 2.00 bits per heavy atom. The number of rotatable bonds is 2. The second kappa shape index (κ2) is 5.46. The molecule has 1 fully saturated rings. The van der Waals surface area contributed by atoms with Crippen LogP contribution < -0.4 is 4.90 Å². The van der Waals surface area contributed by atoms with Gasteiger partial charge in [0.15, 0.2) is 6.29 Å². The van der Waals surface area contributed by atoms with Gasteiger partial charge in [0.1, 0.15) is 0 Å². The summed E-state index contributed by atoms with van der Waals surface area (Å²) < 4.78 is 38.9. The molecule has 2 nitrogen and oxygen atoms in total. The molecule has 0 aliphatic carbocycles. The number of anilines is 1. The Kier molecular flexibility index (Phi) is 4.06. The van der Waals surface area contributed by atoms with Crippen LogP contribution in [-0.2, 0) is 6.18 Å². The molecule has 0 N–H and O–H groups in total. The molecule has 5 heteroatoms. The van der Waals surface area contributed by atoms with Gasteiger partial charge in [-0.25, -0.2) is 0 Å². The van der Waals surface area contributed by atoms with Crippen LogP contribution >= 0.6 is 0 Å². The van der Waals surface area contributed by atoms with Crippen molar-refractivity contribution in [2.24, 2.45) is 5.92 Å². The summed E-state index contributed by atoms with van der Waals surface area (Å²) in [4.78, 5) is 12.7. The lowest BCUT2D eigenvalue weighted by Crippen LogP contribution is -2.40. The van der Waals surface area contributed by atoms with Crippen molar-refractivity contribution in [3.05, 3.63) is 29.3 Å². The number of carbonyl (C=O) groups excluding carboxylic acids is 1. The van der Waals surface area contributed by atoms with Crippen molar-refractivity contribution in [3.63, 3.8) is 0 Å². The van der Waals surface area contributed by atoms with E-state index in [1.54, 1.807) is 6.07 Å². The highest BCUT2D eigenvalue weighted by Crippen LogP contribution is 2.36. The molecule has 1 aliphatic rings. The number of aldehydes is 1. The van der Waals surface area contributed by atoms with Crippen LogP contribution in [0.2, 0.25) is 0 Å². The van der Waals surface area contributed by atoms with E-state index in [4.69, 9.17) is 0 Å². The summed E-state index contributed by atoms with van der Waals surface area (Å²) in [6.45, 7) is 4.93. The molecule has 0 bridgehead atoms. The average Bonchev–Trinajstić information content (AvgIpc) is 2.37. The summed E-state index contributed by atoms with van der Waals surface area (Å²) in [7, 11) is 0. The molecule has 1 aromatic carbocycles. The van der Waals surface area contributed by atoms with Gasteiger partial charge in [0, 0.05) is 23.8 Å². The third-order valence-corrected chi connectivity index (χ3v) is 3.94. The lowest BCUT2D eigenvalue weighted by atomic mass is 9.92. The van der Waals surface area contributed by atoms with Crippen LogP contribution in [0, 0.1) is 5.92 Å². The van der Waals surface area contributed by atoms with Crippen molar-refractivity contribution < 1.29 is 18.0 Å². The van der Waals surface area contributed by atoms with Crippen LogP contribution in [0.4, 0.5) is 18.9 Å². The van der Waals surface area contributed by atoms with E-state index >= 15 is 0 Å². The largest absolute Gasteiger partial charge is 0.417 e. The first-order valence-electron chi connectivity index (χ1n) is 6.76. The number of hydrogen-bond acceptors (Lipinski definition) is 2. The van der Waals surface area contributed by atoms with Gasteiger partial charge in [0.25, 0.3) is 0 Å². The van der Waals surface area contributed by atoms with Gasteiger partial charge in [-0.2, -0.15) is 13.2 Å². The van der Waals surface area contributed by atoms with E-state index in [-0.39, 0.29) is 17.9 Å². The van der Waals surface area contributed by atoms with Gasteiger partial charge in [-0.3, -0.25) is 4.79 Å². The van der Waals surface area contributed by atoms with Crippen LogP contribution in [-0.4, -0.2) is 18.9 Å². The second-order valence-corrected chi connectivity index (χ2v) is 5.56. The Balaban J connectivity index is 2.36. The van der Waals surface area contributed by atoms with E-state index in [2.05, 4.69) is 6.92 Å². The quantitative estimate of drug-likeness (QED) is 0.761. The maximum absolute atomic E-state index is 13.0. The highest BCUT2D eigenvalue weighted by molar-refractivity contribution is 5.79. The minimum absolute atomic E-state index is 0.210. The predicted octanol–water partition coefficient (Wildman–Crippen LogP) is 4.14. The van der Waals surface area contributed by atoms with E-state index in [0.29, 0.717) is 11.6 Å². The molecule has 0 radical (unpaired) electrons. The van der Waals surface area contributed by atoms with Gasteiger partial charge in [0.05, 0.1) is 5.56 Å². The number of halogens is 3. The van der Waals surface area contributed by atoms with Crippen molar-refractivity contribution in [1.29, 1.82) is 0 Å². The summed E-state index contributed by atoms with van der Waals surface area (Å²) in [6, 6.07) is 4.17. The number of benzene rings is 1. The van der Waals surface area contributed by atoms with Gasteiger partial charge in [-0.1, -0.05) is 6.92 Å². The van der Waals surface area contributed by atoms with Crippen LogP contribution in [0.25, 0.3) is 0 Å². The minimum Gasteiger partial charge on any atom is -0.369 e. The minimum atomic E-state index is -4.50. The zero-order valence-electron chi connectivity index (χ0n) is 11.6. The Hall–Kier alpha value is -1.52. The van der Waals surface area contributed by atoms with E-state index in [0.717, 1.165) is 25.5 Å². The maximum Gasteiger partial charge on any atom is 0.417 e. The smallest absolute Gasteiger partial charge is 0.369 e. The molecule has 1 heterocycles. The molecule has 0 saturated carbocycles. The molecular weight excluding hydrogens is 267 g/mol. The zero-order valence-corrected chi connectivity index (χ0v) is 11.6. The fourth-order valence-corrected chi connectivity index (χ4v) is 2.86. The monoisotopic (exact) mass is 285 g/mol. The molecule has 0 spiro atoms. The van der Waals surface area contributed by atoms with E-state index < -0.39 is 11.7 Å². The van der Waals surface area contributed by atoms with Crippen LogP contribution in [0.3, 0.4) is 0 Å². The molecule has 20 heavy (non-hydrogen) atoms. The maximum atomic E-state index is 13.0. The first-order valence-corrected chi connectivity index (χ1v) is 6.76. The molecule has 0 amide bonds. The lowest BCUT2D eigenvalue weighted by Gasteiger charge is -2.38. The van der Waals surface area contributed by atoms with Crippen LogP contribution in [0.5, 0.6) is 0 Å². The van der Waals surface area contributed by atoms with E-state index in [9.17, 15) is 18.0 Å². The number of hydrogen-bond donors (Lipinski definition) is 0. The Labute approximate surface area is 116 Å². The van der Waals surface area contributed by atoms with Crippen molar-refractivity contribution in [1.82, 2.24) is 0 Å². The molecule has 1 aliphatic heterocycles. The number of alkyl halides is 3. The van der Waals surface area contributed by atoms with Gasteiger partial charge >= 0.3 is 6.18 Å². The normalized spacial score (nSPS) is 23.8. The van der Waals surface area contributed by atoms with Gasteiger partial charge in [-0.15, -0.1) is 0 Å². The van der Waals surface area contributed by atoms with Crippen molar-refractivity contribution >= 4 is 12.0 Å². The van der Waals surface area contributed by atoms with Crippen molar-refractivity contribution in [3.8, 4) is 0 Å².